The number of pyridine rings is 2. The Morgan fingerprint density at radius 1 is 1.13 bits per heavy atom. The third-order valence-corrected chi connectivity index (χ3v) is 3.20. The maximum absolute atomic E-state index is 12.7. The quantitative estimate of drug-likeness (QED) is 0.807. The summed E-state index contributed by atoms with van der Waals surface area (Å²) in [7, 11) is 0. The standard InChI is InChI=1S/C15H11F3N4O/c16-15(17,18)11-1-2-13-21-12(9-22(13)8-11)7-20-14(23)10-3-5-19-6-4-10/h1-6,8-9H,7H2,(H,20,23). The highest BCUT2D eigenvalue weighted by atomic mass is 19.4. The number of alkyl halides is 3. The van der Waals surface area contributed by atoms with E-state index in [1.807, 2.05) is 0 Å². The Labute approximate surface area is 128 Å². The number of fused-ring (bicyclic) bond motifs is 1. The van der Waals surface area contributed by atoms with E-state index in [1.165, 1.54) is 29.1 Å². The van der Waals surface area contributed by atoms with Crippen LogP contribution >= 0.6 is 0 Å². The largest absolute Gasteiger partial charge is 0.417 e. The van der Waals surface area contributed by atoms with E-state index in [0.29, 0.717) is 16.9 Å². The normalized spacial score (nSPS) is 11.6. The Morgan fingerprint density at radius 2 is 1.87 bits per heavy atom. The van der Waals surface area contributed by atoms with E-state index >= 15 is 0 Å². The minimum absolute atomic E-state index is 0.115. The molecule has 0 saturated heterocycles. The summed E-state index contributed by atoms with van der Waals surface area (Å²) in [5.74, 6) is -0.305. The summed E-state index contributed by atoms with van der Waals surface area (Å²) in [6, 6.07) is 5.39. The molecule has 1 amide bonds. The molecular weight excluding hydrogens is 309 g/mol. The summed E-state index contributed by atoms with van der Waals surface area (Å²) in [6.45, 7) is 0.115. The smallest absolute Gasteiger partial charge is 0.346 e. The van der Waals surface area contributed by atoms with Crippen LogP contribution < -0.4 is 5.32 Å². The number of rotatable bonds is 3. The van der Waals surface area contributed by atoms with Gasteiger partial charge in [0.15, 0.2) is 0 Å². The van der Waals surface area contributed by atoms with Crippen LogP contribution in [0.3, 0.4) is 0 Å². The molecule has 3 rings (SSSR count). The van der Waals surface area contributed by atoms with Gasteiger partial charge in [-0.05, 0) is 24.3 Å². The van der Waals surface area contributed by atoms with Gasteiger partial charge in [0.25, 0.3) is 5.91 Å². The van der Waals surface area contributed by atoms with Crippen LogP contribution in [0.1, 0.15) is 21.6 Å². The number of hydrogen-bond acceptors (Lipinski definition) is 3. The first-order chi connectivity index (χ1) is 10.9. The number of halogens is 3. The predicted octanol–water partition coefficient (Wildman–Crippen LogP) is 2.68. The molecule has 1 N–H and O–H groups in total. The van der Waals surface area contributed by atoms with Crippen molar-refractivity contribution in [2.75, 3.05) is 0 Å². The highest BCUT2D eigenvalue weighted by molar-refractivity contribution is 5.93. The molecular formula is C15H11F3N4O. The fourth-order valence-electron chi connectivity index (χ4n) is 2.07. The summed E-state index contributed by atoms with van der Waals surface area (Å²) in [6.07, 6.45) is 1.01. The van der Waals surface area contributed by atoms with Crippen molar-refractivity contribution in [3.8, 4) is 0 Å². The van der Waals surface area contributed by atoms with Gasteiger partial charge in [-0.25, -0.2) is 4.98 Å². The molecule has 0 spiro atoms. The van der Waals surface area contributed by atoms with Gasteiger partial charge in [-0.15, -0.1) is 0 Å². The molecule has 0 bridgehead atoms. The molecule has 0 saturated carbocycles. The number of nitrogens with zero attached hydrogens (tertiary/aromatic N) is 3. The Balaban J connectivity index is 1.75. The Bertz CT molecular complexity index is 843. The average Bonchev–Trinajstić information content (AvgIpc) is 2.94. The number of hydrogen-bond donors (Lipinski definition) is 1. The van der Waals surface area contributed by atoms with Crippen molar-refractivity contribution in [3.63, 3.8) is 0 Å². The lowest BCUT2D eigenvalue weighted by atomic mass is 10.2. The van der Waals surface area contributed by atoms with Crippen LogP contribution in [0.2, 0.25) is 0 Å². The van der Waals surface area contributed by atoms with Gasteiger partial charge in [-0.3, -0.25) is 9.78 Å². The van der Waals surface area contributed by atoms with E-state index in [9.17, 15) is 18.0 Å². The Hall–Kier alpha value is -2.90. The predicted molar refractivity (Wildman–Crippen MR) is 75.6 cm³/mol. The number of imidazole rings is 1. The van der Waals surface area contributed by atoms with Crippen LogP contribution in [0.4, 0.5) is 13.2 Å². The van der Waals surface area contributed by atoms with Crippen LogP contribution in [0.15, 0.2) is 49.1 Å². The molecule has 5 nitrogen and oxygen atoms in total. The van der Waals surface area contributed by atoms with E-state index in [4.69, 9.17) is 0 Å². The molecule has 0 aliphatic rings. The minimum Gasteiger partial charge on any atom is -0.346 e. The lowest BCUT2D eigenvalue weighted by Crippen LogP contribution is -2.22. The van der Waals surface area contributed by atoms with E-state index in [2.05, 4.69) is 15.3 Å². The molecule has 0 atom stereocenters. The van der Waals surface area contributed by atoms with Gasteiger partial charge in [-0.2, -0.15) is 13.2 Å². The summed E-state index contributed by atoms with van der Waals surface area (Å²) in [5.41, 5.74) is 0.538. The number of aromatic nitrogens is 3. The van der Waals surface area contributed by atoms with Gasteiger partial charge in [0, 0.05) is 30.4 Å². The zero-order valence-electron chi connectivity index (χ0n) is 11.7. The summed E-state index contributed by atoms with van der Waals surface area (Å²) >= 11 is 0. The molecule has 0 radical (unpaired) electrons. The molecule has 0 aromatic carbocycles. The first kappa shape index (κ1) is 15.0. The Morgan fingerprint density at radius 3 is 2.57 bits per heavy atom. The maximum atomic E-state index is 12.7. The second-order valence-corrected chi connectivity index (χ2v) is 4.83. The average molecular weight is 320 g/mol. The van der Waals surface area contributed by atoms with Crippen LogP contribution in [-0.4, -0.2) is 20.3 Å². The number of carbonyl (C=O) groups excluding carboxylic acids is 1. The van der Waals surface area contributed by atoms with Crippen molar-refractivity contribution in [2.24, 2.45) is 0 Å². The Kier molecular flexibility index (Phi) is 3.73. The number of nitrogens with one attached hydrogen (secondary N) is 1. The second-order valence-electron chi connectivity index (χ2n) is 4.83. The topological polar surface area (TPSA) is 59.3 Å². The van der Waals surface area contributed by atoms with E-state index < -0.39 is 11.7 Å². The second kappa shape index (κ2) is 5.71. The zero-order chi connectivity index (χ0) is 16.4. The molecule has 0 aliphatic heterocycles. The highest BCUT2D eigenvalue weighted by Gasteiger charge is 2.30. The van der Waals surface area contributed by atoms with Gasteiger partial charge in [-0.1, -0.05) is 0 Å². The maximum Gasteiger partial charge on any atom is 0.417 e. The van der Waals surface area contributed by atoms with Gasteiger partial charge >= 0.3 is 6.18 Å². The van der Waals surface area contributed by atoms with E-state index in [0.717, 1.165) is 12.3 Å². The number of carbonyl (C=O) groups is 1. The lowest BCUT2D eigenvalue weighted by molar-refractivity contribution is -0.137. The van der Waals surface area contributed by atoms with Crippen molar-refractivity contribution < 1.29 is 18.0 Å². The van der Waals surface area contributed by atoms with Crippen LogP contribution in [-0.2, 0) is 12.7 Å². The third-order valence-electron chi connectivity index (χ3n) is 3.20. The van der Waals surface area contributed by atoms with Gasteiger partial charge in [0.2, 0.25) is 0 Å². The van der Waals surface area contributed by atoms with Crippen molar-refractivity contribution in [2.45, 2.75) is 12.7 Å². The molecule has 3 aromatic heterocycles. The van der Waals surface area contributed by atoms with Crippen molar-refractivity contribution in [1.29, 1.82) is 0 Å². The van der Waals surface area contributed by atoms with E-state index in [1.54, 1.807) is 12.1 Å². The minimum atomic E-state index is -4.41. The molecule has 8 heteroatoms. The first-order valence-electron chi connectivity index (χ1n) is 6.66. The zero-order valence-corrected chi connectivity index (χ0v) is 11.7. The molecule has 0 unspecified atom stereocenters. The van der Waals surface area contributed by atoms with Crippen LogP contribution in [0.25, 0.3) is 5.65 Å². The monoisotopic (exact) mass is 320 g/mol. The summed E-state index contributed by atoms with van der Waals surface area (Å²) < 4.78 is 39.3. The van der Waals surface area contributed by atoms with Gasteiger partial charge in [0.05, 0.1) is 17.8 Å². The molecule has 3 heterocycles. The SMILES string of the molecule is O=C(NCc1cn2cc(C(F)(F)F)ccc2n1)c1ccncc1. The van der Waals surface area contributed by atoms with Gasteiger partial charge in [0.1, 0.15) is 5.65 Å². The first-order valence-corrected chi connectivity index (χ1v) is 6.66. The molecule has 118 valence electrons. The van der Waals surface area contributed by atoms with Crippen molar-refractivity contribution >= 4 is 11.6 Å². The summed E-state index contributed by atoms with van der Waals surface area (Å²) in [4.78, 5) is 19.9. The molecule has 0 fully saturated rings. The molecule has 23 heavy (non-hydrogen) atoms. The fraction of sp³-hybridized carbons (Fsp3) is 0.133. The lowest BCUT2D eigenvalue weighted by Gasteiger charge is -2.05. The van der Waals surface area contributed by atoms with Crippen molar-refractivity contribution in [1.82, 2.24) is 19.7 Å². The highest BCUT2D eigenvalue weighted by Crippen LogP contribution is 2.29. The van der Waals surface area contributed by atoms with Crippen LogP contribution in [0, 0.1) is 0 Å². The summed E-state index contributed by atoms with van der Waals surface area (Å²) in [5, 5.41) is 2.66. The number of amides is 1. The van der Waals surface area contributed by atoms with E-state index in [-0.39, 0.29) is 12.5 Å². The van der Waals surface area contributed by atoms with Gasteiger partial charge < -0.3 is 9.72 Å². The van der Waals surface area contributed by atoms with Crippen molar-refractivity contribution in [3.05, 3.63) is 65.9 Å². The molecule has 3 aromatic rings. The fourth-order valence-corrected chi connectivity index (χ4v) is 2.07. The third kappa shape index (κ3) is 3.31. The molecule has 0 aliphatic carbocycles. The van der Waals surface area contributed by atoms with Crippen LogP contribution in [0.5, 0.6) is 0 Å².